The summed E-state index contributed by atoms with van der Waals surface area (Å²) in [5, 5.41) is 4.84. The van der Waals surface area contributed by atoms with Crippen LogP contribution in [0.5, 0.6) is 0 Å². The molecule has 0 spiro atoms. The van der Waals surface area contributed by atoms with Crippen LogP contribution in [0, 0.1) is 0 Å². The molecule has 1 aromatic carbocycles. The molecule has 84 valence electrons. The number of nitrogen functional groups attached to an aromatic ring is 1. The van der Waals surface area contributed by atoms with Gasteiger partial charge in [0, 0.05) is 5.69 Å². The summed E-state index contributed by atoms with van der Waals surface area (Å²) in [6, 6.07) is 4.87. The zero-order valence-corrected chi connectivity index (χ0v) is 8.57. The van der Waals surface area contributed by atoms with E-state index in [1.165, 1.54) is 24.3 Å². The average Bonchev–Trinajstić information content (AvgIpc) is 2.01. The molecule has 0 aliphatic carbocycles. The summed E-state index contributed by atoms with van der Waals surface area (Å²) in [6.45, 7) is 0. The Morgan fingerprint density at radius 2 is 1.40 bits per heavy atom. The van der Waals surface area contributed by atoms with Crippen molar-refractivity contribution in [2.24, 2.45) is 16.6 Å². The van der Waals surface area contributed by atoms with Crippen molar-refractivity contribution < 1.29 is 13.2 Å². The Labute approximate surface area is 87.1 Å². The average molecular weight is 232 g/mol. The van der Waals surface area contributed by atoms with Gasteiger partial charge in [0.25, 0.3) is 0 Å². The van der Waals surface area contributed by atoms with E-state index in [0.717, 1.165) is 0 Å². The second-order valence-corrected chi connectivity index (χ2v) is 4.08. The van der Waals surface area contributed by atoms with Crippen molar-refractivity contribution in [2.45, 2.75) is 4.90 Å². The van der Waals surface area contributed by atoms with E-state index in [2.05, 4.69) is 11.5 Å². The lowest BCUT2D eigenvalue weighted by Crippen LogP contribution is -2.18. The molecular weight excluding hydrogens is 220 g/mol. The van der Waals surface area contributed by atoms with Crippen LogP contribution in [0.15, 0.2) is 29.2 Å². The van der Waals surface area contributed by atoms with Gasteiger partial charge in [-0.05, 0) is 24.3 Å². The monoisotopic (exact) mass is 232 g/mol. The van der Waals surface area contributed by atoms with Crippen LogP contribution < -0.4 is 22.3 Å². The summed E-state index contributed by atoms with van der Waals surface area (Å²) in [5.41, 5.74) is 14.3. The molecule has 0 bridgehead atoms. The van der Waals surface area contributed by atoms with Crippen molar-refractivity contribution in [3.63, 3.8) is 0 Å². The second kappa shape index (κ2) is 5.17. The van der Waals surface area contributed by atoms with Crippen LogP contribution in [-0.4, -0.2) is 14.4 Å². The van der Waals surface area contributed by atoms with Gasteiger partial charge in [-0.2, -0.15) is 0 Å². The molecule has 8 N–H and O–H groups in total. The van der Waals surface area contributed by atoms with Crippen molar-refractivity contribution in [2.75, 3.05) is 5.73 Å². The van der Waals surface area contributed by atoms with E-state index in [9.17, 15) is 8.42 Å². The van der Waals surface area contributed by atoms with Crippen LogP contribution >= 0.6 is 0 Å². The lowest BCUT2D eigenvalue weighted by atomic mass is 10.3. The Bertz CT molecular complexity index is 422. The highest BCUT2D eigenvalue weighted by Gasteiger charge is 2.04. The van der Waals surface area contributed by atoms with E-state index >= 15 is 0 Å². The van der Waals surface area contributed by atoms with E-state index in [0.29, 0.717) is 5.69 Å². The molecule has 0 heterocycles. The molecule has 1 rings (SSSR count). The minimum Gasteiger partial charge on any atom is -0.399 e. The van der Waals surface area contributed by atoms with Gasteiger partial charge in [-0.1, -0.05) is 0 Å². The lowest BCUT2D eigenvalue weighted by molar-refractivity contribution is 0.256. The fourth-order valence-electron chi connectivity index (χ4n) is 0.658. The first-order valence-electron chi connectivity index (χ1n) is 3.66. The number of urea groups is 1. The smallest absolute Gasteiger partial charge is 0.309 e. The van der Waals surface area contributed by atoms with Gasteiger partial charge in [-0.3, -0.25) is 0 Å². The minimum absolute atomic E-state index is 0.0756. The molecule has 0 aliphatic heterocycles. The van der Waals surface area contributed by atoms with Gasteiger partial charge in [-0.15, -0.1) is 0 Å². The van der Waals surface area contributed by atoms with Gasteiger partial charge in [0.05, 0.1) is 4.90 Å². The van der Waals surface area contributed by atoms with Gasteiger partial charge < -0.3 is 17.2 Å². The van der Waals surface area contributed by atoms with Gasteiger partial charge in [0.2, 0.25) is 10.0 Å². The fourth-order valence-corrected chi connectivity index (χ4v) is 1.17. The lowest BCUT2D eigenvalue weighted by Gasteiger charge is -1.96. The van der Waals surface area contributed by atoms with Crippen LogP contribution in [0.1, 0.15) is 0 Å². The van der Waals surface area contributed by atoms with E-state index in [1.54, 1.807) is 0 Å². The molecule has 0 saturated heterocycles. The van der Waals surface area contributed by atoms with Gasteiger partial charge in [-0.25, -0.2) is 18.4 Å². The first-order valence-corrected chi connectivity index (χ1v) is 5.21. The number of anilines is 1. The van der Waals surface area contributed by atoms with Crippen molar-refractivity contribution >= 4 is 21.7 Å². The fraction of sp³-hybridized carbons (Fsp3) is 0. The molecule has 2 amide bonds. The second-order valence-electron chi connectivity index (χ2n) is 2.52. The number of primary amides is 2. The van der Waals surface area contributed by atoms with Gasteiger partial charge in [0.15, 0.2) is 0 Å². The highest BCUT2D eigenvalue weighted by Crippen LogP contribution is 2.08. The van der Waals surface area contributed by atoms with Crippen LogP contribution in [0.2, 0.25) is 0 Å². The summed E-state index contributed by atoms with van der Waals surface area (Å²) >= 11 is 0. The Morgan fingerprint density at radius 1 is 1.07 bits per heavy atom. The number of nitrogens with two attached hydrogens (primary N) is 4. The van der Waals surface area contributed by atoms with E-state index in [4.69, 9.17) is 15.7 Å². The van der Waals surface area contributed by atoms with E-state index in [-0.39, 0.29) is 4.90 Å². The van der Waals surface area contributed by atoms with Crippen LogP contribution in [-0.2, 0) is 10.0 Å². The van der Waals surface area contributed by atoms with Gasteiger partial charge in [0.1, 0.15) is 0 Å². The summed E-state index contributed by atoms with van der Waals surface area (Å²) in [7, 11) is -3.58. The Balaban J connectivity index is 0.000000423. The van der Waals surface area contributed by atoms with Crippen LogP contribution in [0.4, 0.5) is 10.5 Å². The first-order chi connectivity index (χ1) is 6.73. The molecule has 0 atom stereocenters. The van der Waals surface area contributed by atoms with Crippen molar-refractivity contribution in [3.05, 3.63) is 24.3 Å². The quantitative estimate of drug-likeness (QED) is 0.455. The van der Waals surface area contributed by atoms with E-state index < -0.39 is 16.1 Å². The summed E-state index contributed by atoms with van der Waals surface area (Å²) < 4.78 is 21.4. The molecule has 1 aromatic rings. The maximum atomic E-state index is 10.7. The number of primary sulfonamides is 1. The predicted octanol–water partition coefficient (Wildman–Crippen LogP) is -1.06. The molecule has 0 aliphatic rings. The topological polar surface area (TPSA) is 155 Å². The van der Waals surface area contributed by atoms with Crippen molar-refractivity contribution in [1.82, 2.24) is 0 Å². The number of rotatable bonds is 1. The molecule has 0 aromatic heterocycles. The van der Waals surface area contributed by atoms with E-state index in [1.807, 2.05) is 0 Å². The number of hydrogen-bond acceptors (Lipinski definition) is 4. The normalized spacial score (nSPS) is 9.93. The Hall–Kier alpha value is -1.80. The zero-order chi connectivity index (χ0) is 12.1. The van der Waals surface area contributed by atoms with Crippen LogP contribution in [0.3, 0.4) is 0 Å². The number of amides is 2. The molecular formula is C7H12N4O3S. The predicted molar refractivity (Wildman–Crippen MR) is 56.0 cm³/mol. The number of carbonyl (C=O) groups excluding carboxylic acids is 1. The third-order valence-electron chi connectivity index (χ3n) is 1.21. The molecule has 8 heteroatoms. The minimum atomic E-state index is -3.58. The van der Waals surface area contributed by atoms with Crippen molar-refractivity contribution in [1.29, 1.82) is 0 Å². The molecule has 0 unspecified atom stereocenters. The highest BCUT2D eigenvalue weighted by atomic mass is 32.2. The SMILES string of the molecule is NC(N)=O.Nc1ccc(S(N)(=O)=O)cc1. The van der Waals surface area contributed by atoms with Crippen molar-refractivity contribution in [3.8, 4) is 0 Å². The molecule has 0 saturated carbocycles. The molecule has 0 fully saturated rings. The summed E-state index contributed by atoms with van der Waals surface area (Å²) in [5.74, 6) is 0. The maximum absolute atomic E-state index is 10.7. The van der Waals surface area contributed by atoms with Gasteiger partial charge >= 0.3 is 6.03 Å². The first kappa shape index (κ1) is 13.2. The summed E-state index contributed by atoms with van der Waals surface area (Å²) in [4.78, 5) is 9.08. The third kappa shape index (κ3) is 6.29. The Kier molecular flexibility index (Phi) is 4.55. The number of sulfonamides is 1. The highest BCUT2D eigenvalue weighted by molar-refractivity contribution is 7.89. The van der Waals surface area contributed by atoms with Crippen LogP contribution in [0.25, 0.3) is 0 Å². The largest absolute Gasteiger partial charge is 0.399 e. The number of benzene rings is 1. The maximum Gasteiger partial charge on any atom is 0.309 e. The summed E-state index contributed by atoms with van der Waals surface area (Å²) in [6.07, 6.45) is 0. The molecule has 7 nitrogen and oxygen atoms in total. The number of carbonyl (C=O) groups is 1. The third-order valence-corrected chi connectivity index (χ3v) is 2.14. The Morgan fingerprint density at radius 3 is 1.67 bits per heavy atom. The molecule has 0 radical (unpaired) electrons. The zero-order valence-electron chi connectivity index (χ0n) is 7.75. The standard InChI is InChI=1S/C6H8N2O2S.CH4N2O/c7-5-1-3-6(4-2-5)11(8,9)10;2-1(3)4/h1-4H,7H2,(H2,8,9,10);(H4,2,3,4). The number of hydrogen-bond donors (Lipinski definition) is 4. The molecule has 15 heavy (non-hydrogen) atoms.